The van der Waals surface area contributed by atoms with E-state index in [1.165, 1.54) is 12.3 Å². The Bertz CT molecular complexity index is 598. The lowest BCUT2D eigenvalue weighted by molar-refractivity contribution is 0.0994. The van der Waals surface area contributed by atoms with Crippen molar-refractivity contribution in [3.8, 4) is 11.8 Å². The third kappa shape index (κ3) is 2.54. The van der Waals surface area contributed by atoms with Crippen molar-refractivity contribution in [2.75, 3.05) is 5.73 Å². The summed E-state index contributed by atoms with van der Waals surface area (Å²) in [6, 6.07) is 6.67. The molecule has 92 valence electrons. The van der Waals surface area contributed by atoms with E-state index in [1.807, 2.05) is 6.92 Å². The number of carbonyl (C=O) groups excluding carboxylic acids is 1. The molecule has 1 amide bonds. The first-order chi connectivity index (χ1) is 8.56. The molecule has 0 bridgehead atoms. The molecule has 6 nitrogen and oxygen atoms in total. The summed E-state index contributed by atoms with van der Waals surface area (Å²) in [7, 11) is 0. The molecular weight excluding hydrogens is 232 g/mol. The lowest BCUT2D eigenvalue weighted by Crippen LogP contribution is -2.13. The minimum Gasteiger partial charge on any atom is -0.424 e. The van der Waals surface area contributed by atoms with Gasteiger partial charge < -0.3 is 16.2 Å². The average molecular weight is 244 g/mol. The Hall–Kier alpha value is -2.63. The van der Waals surface area contributed by atoms with E-state index >= 15 is 0 Å². The second-order valence-corrected chi connectivity index (χ2v) is 3.71. The molecule has 0 atom stereocenters. The van der Waals surface area contributed by atoms with Gasteiger partial charge in [0, 0.05) is 11.9 Å². The van der Waals surface area contributed by atoms with E-state index in [0.717, 1.165) is 5.56 Å². The highest BCUT2D eigenvalue weighted by Crippen LogP contribution is 2.22. The van der Waals surface area contributed by atoms with Crippen LogP contribution in [0.4, 0.5) is 5.69 Å². The summed E-state index contributed by atoms with van der Waals surface area (Å²) in [6.07, 6.45) is 1.41. The number of carbonyl (C=O) groups is 1. The first-order valence-corrected chi connectivity index (χ1v) is 5.23. The molecule has 2 aromatic rings. The number of hydrogen-bond acceptors (Lipinski definition) is 5. The van der Waals surface area contributed by atoms with Gasteiger partial charge in [0.1, 0.15) is 11.4 Å². The zero-order valence-electron chi connectivity index (χ0n) is 9.75. The monoisotopic (exact) mass is 244 g/mol. The van der Waals surface area contributed by atoms with Gasteiger partial charge in [-0.25, -0.2) is 4.98 Å². The number of rotatable bonds is 3. The second kappa shape index (κ2) is 4.70. The zero-order valence-corrected chi connectivity index (χ0v) is 9.75. The molecule has 0 aliphatic rings. The van der Waals surface area contributed by atoms with Crippen LogP contribution in [0.2, 0.25) is 0 Å². The van der Waals surface area contributed by atoms with Crippen molar-refractivity contribution in [3.63, 3.8) is 0 Å². The summed E-state index contributed by atoms with van der Waals surface area (Å²) in [5.74, 6) is -0.0842. The second-order valence-electron chi connectivity index (χ2n) is 3.71. The SMILES string of the molecule is Cc1cc(Oc2nccc(C(N)=O)n2)ccc1N. The lowest BCUT2D eigenvalue weighted by Gasteiger charge is -2.06. The standard InChI is InChI=1S/C12H12N4O2/c1-7-6-8(2-3-9(7)13)18-12-15-5-4-10(16-12)11(14)17/h2-6H,13H2,1H3,(H2,14,17). The minimum absolute atomic E-state index is 0.0653. The van der Waals surface area contributed by atoms with Crippen molar-refractivity contribution in [1.82, 2.24) is 9.97 Å². The Labute approximate surface area is 104 Å². The van der Waals surface area contributed by atoms with Crippen LogP contribution in [-0.2, 0) is 0 Å². The summed E-state index contributed by atoms with van der Waals surface area (Å²) < 4.78 is 5.42. The number of ether oxygens (including phenoxy) is 1. The van der Waals surface area contributed by atoms with Gasteiger partial charge in [-0.3, -0.25) is 4.79 Å². The molecule has 0 fully saturated rings. The lowest BCUT2D eigenvalue weighted by atomic mass is 10.2. The van der Waals surface area contributed by atoms with Gasteiger partial charge in [0.15, 0.2) is 0 Å². The van der Waals surface area contributed by atoms with Crippen LogP contribution in [0, 0.1) is 6.92 Å². The van der Waals surface area contributed by atoms with Gasteiger partial charge in [-0.05, 0) is 36.8 Å². The number of nitrogens with zero attached hydrogens (tertiary/aromatic N) is 2. The number of aromatic nitrogens is 2. The van der Waals surface area contributed by atoms with Crippen molar-refractivity contribution in [2.45, 2.75) is 6.92 Å². The number of nitrogens with two attached hydrogens (primary N) is 2. The number of anilines is 1. The molecular formula is C12H12N4O2. The molecule has 2 rings (SSSR count). The molecule has 0 spiro atoms. The predicted molar refractivity (Wildman–Crippen MR) is 66.2 cm³/mol. The van der Waals surface area contributed by atoms with E-state index in [1.54, 1.807) is 18.2 Å². The smallest absolute Gasteiger partial charge is 0.322 e. The molecule has 0 saturated carbocycles. The third-order valence-corrected chi connectivity index (χ3v) is 2.34. The van der Waals surface area contributed by atoms with Crippen molar-refractivity contribution < 1.29 is 9.53 Å². The predicted octanol–water partition coefficient (Wildman–Crippen LogP) is 1.26. The van der Waals surface area contributed by atoms with E-state index in [2.05, 4.69) is 9.97 Å². The molecule has 0 saturated heterocycles. The zero-order chi connectivity index (χ0) is 13.1. The fourth-order valence-electron chi connectivity index (χ4n) is 1.34. The Balaban J connectivity index is 2.25. The number of nitrogen functional groups attached to an aromatic ring is 1. The topological polar surface area (TPSA) is 104 Å². The van der Waals surface area contributed by atoms with Gasteiger partial charge in [0.2, 0.25) is 0 Å². The van der Waals surface area contributed by atoms with E-state index in [-0.39, 0.29) is 11.7 Å². The van der Waals surface area contributed by atoms with Crippen molar-refractivity contribution >= 4 is 11.6 Å². The maximum absolute atomic E-state index is 11.0. The van der Waals surface area contributed by atoms with Crippen LogP contribution in [0.5, 0.6) is 11.8 Å². The largest absolute Gasteiger partial charge is 0.424 e. The first kappa shape index (κ1) is 11.8. The number of hydrogen-bond donors (Lipinski definition) is 2. The van der Waals surface area contributed by atoms with Gasteiger partial charge in [0.05, 0.1) is 0 Å². The number of aryl methyl sites for hydroxylation is 1. The molecule has 1 aromatic carbocycles. The minimum atomic E-state index is -0.629. The van der Waals surface area contributed by atoms with Crippen LogP contribution in [0.1, 0.15) is 16.1 Å². The molecule has 18 heavy (non-hydrogen) atoms. The van der Waals surface area contributed by atoms with Gasteiger partial charge in [0.25, 0.3) is 5.91 Å². The fraction of sp³-hybridized carbons (Fsp3) is 0.0833. The Kier molecular flexibility index (Phi) is 3.09. The molecule has 0 aliphatic carbocycles. The molecule has 0 unspecified atom stereocenters. The van der Waals surface area contributed by atoms with E-state index < -0.39 is 5.91 Å². The van der Waals surface area contributed by atoms with Crippen molar-refractivity contribution in [3.05, 3.63) is 41.7 Å². The van der Waals surface area contributed by atoms with Crippen molar-refractivity contribution in [1.29, 1.82) is 0 Å². The quantitative estimate of drug-likeness (QED) is 0.791. The highest BCUT2D eigenvalue weighted by molar-refractivity contribution is 5.90. The first-order valence-electron chi connectivity index (χ1n) is 5.23. The van der Waals surface area contributed by atoms with Gasteiger partial charge >= 0.3 is 6.01 Å². The van der Waals surface area contributed by atoms with Crippen LogP contribution in [-0.4, -0.2) is 15.9 Å². The molecule has 6 heteroatoms. The van der Waals surface area contributed by atoms with E-state index in [4.69, 9.17) is 16.2 Å². The summed E-state index contributed by atoms with van der Waals surface area (Å²) in [4.78, 5) is 18.7. The van der Waals surface area contributed by atoms with Crippen LogP contribution in [0.15, 0.2) is 30.5 Å². The Morgan fingerprint density at radius 2 is 2.11 bits per heavy atom. The molecule has 4 N–H and O–H groups in total. The maximum Gasteiger partial charge on any atom is 0.322 e. The van der Waals surface area contributed by atoms with Crippen molar-refractivity contribution in [2.24, 2.45) is 5.73 Å². The molecule has 0 aliphatic heterocycles. The summed E-state index contributed by atoms with van der Waals surface area (Å²) in [6.45, 7) is 1.86. The average Bonchev–Trinajstić information content (AvgIpc) is 2.34. The van der Waals surface area contributed by atoms with Crippen LogP contribution in [0.3, 0.4) is 0 Å². The van der Waals surface area contributed by atoms with Gasteiger partial charge in [-0.2, -0.15) is 4.98 Å². The van der Waals surface area contributed by atoms with Gasteiger partial charge in [-0.15, -0.1) is 0 Å². The van der Waals surface area contributed by atoms with E-state index in [9.17, 15) is 4.79 Å². The summed E-state index contributed by atoms with van der Waals surface area (Å²) in [5.41, 5.74) is 12.5. The normalized spacial score (nSPS) is 10.1. The third-order valence-electron chi connectivity index (χ3n) is 2.34. The number of benzene rings is 1. The van der Waals surface area contributed by atoms with Gasteiger partial charge in [-0.1, -0.05) is 0 Å². The Morgan fingerprint density at radius 3 is 2.78 bits per heavy atom. The van der Waals surface area contributed by atoms with Crippen LogP contribution in [0.25, 0.3) is 0 Å². The number of amides is 1. The van der Waals surface area contributed by atoms with Crippen LogP contribution < -0.4 is 16.2 Å². The Morgan fingerprint density at radius 1 is 1.33 bits per heavy atom. The highest BCUT2D eigenvalue weighted by Gasteiger charge is 2.06. The molecule has 1 aromatic heterocycles. The fourth-order valence-corrected chi connectivity index (χ4v) is 1.34. The molecule has 0 radical (unpaired) electrons. The summed E-state index contributed by atoms with van der Waals surface area (Å²) in [5, 5.41) is 0. The van der Waals surface area contributed by atoms with Crippen LogP contribution >= 0.6 is 0 Å². The number of primary amides is 1. The summed E-state index contributed by atoms with van der Waals surface area (Å²) >= 11 is 0. The molecule has 1 heterocycles. The highest BCUT2D eigenvalue weighted by atomic mass is 16.5. The van der Waals surface area contributed by atoms with E-state index in [0.29, 0.717) is 11.4 Å². The maximum atomic E-state index is 11.0.